The summed E-state index contributed by atoms with van der Waals surface area (Å²) in [5, 5.41) is 10.6. The van der Waals surface area contributed by atoms with Crippen molar-refractivity contribution in [2.45, 2.75) is 0 Å². The number of carbonyl (C=O) groups is 2. The van der Waals surface area contributed by atoms with Crippen LogP contribution in [0.2, 0.25) is 0 Å². The van der Waals surface area contributed by atoms with E-state index in [1.807, 2.05) is 5.32 Å². The fourth-order valence-corrected chi connectivity index (χ4v) is 1.54. The predicted octanol–water partition coefficient (Wildman–Crippen LogP) is 2.23. The molecule has 0 saturated heterocycles. The van der Waals surface area contributed by atoms with E-state index in [-0.39, 0.29) is 11.4 Å². The number of rotatable bonds is 4. The van der Waals surface area contributed by atoms with Gasteiger partial charge in [0.15, 0.2) is 18.2 Å². The maximum atomic E-state index is 13.6. The largest absolute Gasteiger partial charge is 0.477 e. The summed E-state index contributed by atoms with van der Waals surface area (Å²) in [4.78, 5) is 21.4. The second-order valence-corrected chi connectivity index (χ2v) is 3.97. The molecule has 0 bridgehead atoms. The number of carbonyl (C=O) groups excluding carboxylic acids is 1. The van der Waals surface area contributed by atoms with Gasteiger partial charge >= 0.3 is 12.1 Å². The van der Waals surface area contributed by atoms with E-state index >= 15 is 0 Å². The molecule has 1 aromatic carbocycles. The minimum absolute atomic E-state index is 0.113. The van der Waals surface area contributed by atoms with E-state index in [2.05, 4.69) is 20.7 Å². The summed E-state index contributed by atoms with van der Waals surface area (Å²) in [5.74, 6) is -1.89. The molecule has 6 nitrogen and oxygen atoms in total. The van der Waals surface area contributed by atoms with E-state index in [1.54, 1.807) is 0 Å². The van der Waals surface area contributed by atoms with Crippen molar-refractivity contribution in [1.82, 2.24) is 0 Å². The van der Waals surface area contributed by atoms with Gasteiger partial charge < -0.3 is 14.6 Å². The number of halogens is 2. The van der Waals surface area contributed by atoms with E-state index in [4.69, 9.17) is 9.84 Å². The Morgan fingerprint density at radius 3 is 2.72 bits per heavy atom. The molecule has 18 heavy (non-hydrogen) atoms. The van der Waals surface area contributed by atoms with Crippen molar-refractivity contribution < 1.29 is 28.6 Å². The Morgan fingerprint density at radius 2 is 2.17 bits per heavy atom. The molecule has 1 aromatic rings. The first kappa shape index (κ1) is 14.2. The highest BCUT2D eigenvalue weighted by atomic mass is 79.9. The molecule has 0 aliphatic heterocycles. The minimum Gasteiger partial charge on any atom is -0.477 e. The van der Waals surface area contributed by atoms with Crippen molar-refractivity contribution in [3.05, 3.63) is 22.4 Å². The van der Waals surface area contributed by atoms with Gasteiger partial charge in [-0.15, -0.1) is 0 Å². The topological polar surface area (TPSA) is 84.9 Å². The third-order valence-corrected chi connectivity index (χ3v) is 2.27. The van der Waals surface area contributed by atoms with Crippen LogP contribution < -0.4 is 10.1 Å². The molecular formula is C10H9BrFNO5. The van der Waals surface area contributed by atoms with Crippen molar-refractivity contribution in [3.63, 3.8) is 0 Å². The van der Waals surface area contributed by atoms with Crippen LogP contribution in [0, 0.1) is 5.82 Å². The average Bonchev–Trinajstić information content (AvgIpc) is 2.26. The van der Waals surface area contributed by atoms with Crippen LogP contribution in [0.3, 0.4) is 0 Å². The quantitative estimate of drug-likeness (QED) is 0.831. The maximum absolute atomic E-state index is 13.6. The van der Waals surface area contributed by atoms with Crippen LogP contribution in [0.1, 0.15) is 0 Å². The smallest absolute Gasteiger partial charge is 0.409 e. The molecule has 0 unspecified atom stereocenters. The molecule has 98 valence electrons. The number of ether oxygens (including phenoxy) is 2. The number of carboxylic acid groups (broad SMARTS) is 1. The molecule has 1 amide bonds. The fourth-order valence-electron chi connectivity index (χ4n) is 1.11. The molecule has 0 atom stereocenters. The van der Waals surface area contributed by atoms with Gasteiger partial charge in [0, 0.05) is 4.47 Å². The number of methoxy groups -OCH3 is 1. The van der Waals surface area contributed by atoms with E-state index < -0.39 is 24.5 Å². The third kappa shape index (κ3) is 3.88. The Hall–Kier alpha value is -1.83. The summed E-state index contributed by atoms with van der Waals surface area (Å²) in [6, 6.07) is 2.39. The lowest BCUT2D eigenvalue weighted by Crippen LogP contribution is -2.15. The van der Waals surface area contributed by atoms with Crippen LogP contribution in [-0.4, -0.2) is 30.9 Å². The van der Waals surface area contributed by atoms with Crippen molar-refractivity contribution >= 4 is 33.7 Å². The first-order valence-corrected chi connectivity index (χ1v) is 5.42. The van der Waals surface area contributed by atoms with Crippen LogP contribution in [0.4, 0.5) is 14.9 Å². The van der Waals surface area contributed by atoms with E-state index in [9.17, 15) is 14.0 Å². The standard InChI is InChI=1S/C10H9BrFNO5/c1-17-8(14)4-18-9-6(12)2-5(11)3-7(9)13-10(15)16/h2-3,13H,4H2,1H3,(H,15,16). The SMILES string of the molecule is COC(=O)COc1c(F)cc(Br)cc1NC(=O)O. The van der Waals surface area contributed by atoms with Gasteiger partial charge in [-0.05, 0) is 12.1 Å². The monoisotopic (exact) mass is 321 g/mol. The van der Waals surface area contributed by atoms with Gasteiger partial charge in [-0.25, -0.2) is 14.0 Å². The molecule has 0 radical (unpaired) electrons. The second kappa shape index (κ2) is 6.20. The molecule has 0 aliphatic rings. The number of hydrogen-bond acceptors (Lipinski definition) is 4. The molecule has 0 heterocycles. The van der Waals surface area contributed by atoms with Crippen molar-refractivity contribution in [3.8, 4) is 5.75 Å². The molecule has 8 heteroatoms. The normalized spacial score (nSPS) is 9.72. The number of hydrogen-bond donors (Lipinski definition) is 2. The first-order valence-electron chi connectivity index (χ1n) is 4.62. The Kier molecular flexibility index (Phi) is 4.90. The summed E-state index contributed by atoms with van der Waals surface area (Å²) in [7, 11) is 1.15. The van der Waals surface area contributed by atoms with Crippen LogP contribution in [0.25, 0.3) is 0 Å². The number of nitrogens with one attached hydrogen (secondary N) is 1. The highest BCUT2D eigenvalue weighted by molar-refractivity contribution is 9.10. The highest BCUT2D eigenvalue weighted by Crippen LogP contribution is 2.31. The Morgan fingerprint density at radius 1 is 1.50 bits per heavy atom. The van der Waals surface area contributed by atoms with Gasteiger partial charge in [-0.3, -0.25) is 5.32 Å². The van der Waals surface area contributed by atoms with E-state index in [0.29, 0.717) is 4.47 Å². The summed E-state index contributed by atoms with van der Waals surface area (Å²) in [5.41, 5.74) is -0.113. The Bertz CT molecular complexity index is 480. The highest BCUT2D eigenvalue weighted by Gasteiger charge is 2.15. The lowest BCUT2D eigenvalue weighted by molar-refractivity contribution is -0.142. The molecule has 0 aromatic heterocycles. The molecule has 1 rings (SSSR count). The Balaban J connectivity index is 2.99. The zero-order valence-corrected chi connectivity index (χ0v) is 10.8. The zero-order chi connectivity index (χ0) is 13.7. The molecule has 0 fully saturated rings. The molecular weight excluding hydrogens is 313 g/mol. The van der Waals surface area contributed by atoms with Crippen LogP contribution in [0.15, 0.2) is 16.6 Å². The fraction of sp³-hybridized carbons (Fsp3) is 0.200. The van der Waals surface area contributed by atoms with Crippen molar-refractivity contribution in [2.24, 2.45) is 0 Å². The number of benzene rings is 1. The molecule has 0 spiro atoms. The van der Waals surface area contributed by atoms with Crippen LogP contribution >= 0.6 is 15.9 Å². The summed E-state index contributed by atoms with van der Waals surface area (Å²) >= 11 is 3.01. The van der Waals surface area contributed by atoms with Gasteiger partial charge in [0.05, 0.1) is 12.8 Å². The Labute approximate surface area is 110 Å². The number of anilines is 1. The van der Waals surface area contributed by atoms with Crippen LogP contribution in [0.5, 0.6) is 5.75 Å². The number of amides is 1. The lowest BCUT2D eigenvalue weighted by atomic mass is 10.3. The van der Waals surface area contributed by atoms with Gasteiger partial charge in [-0.2, -0.15) is 0 Å². The maximum Gasteiger partial charge on any atom is 0.409 e. The van der Waals surface area contributed by atoms with Crippen LogP contribution in [-0.2, 0) is 9.53 Å². The summed E-state index contributed by atoms with van der Waals surface area (Å²) < 4.78 is 23.1. The first-order chi connectivity index (χ1) is 8.43. The second-order valence-electron chi connectivity index (χ2n) is 3.06. The van der Waals surface area contributed by atoms with Gasteiger partial charge in [0.2, 0.25) is 0 Å². The van der Waals surface area contributed by atoms with Crippen molar-refractivity contribution in [2.75, 3.05) is 19.0 Å². The van der Waals surface area contributed by atoms with Crippen molar-refractivity contribution in [1.29, 1.82) is 0 Å². The van der Waals surface area contributed by atoms with Gasteiger partial charge in [-0.1, -0.05) is 15.9 Å². The average molecular weight is 322 g/mol. The predicted molar refractivity (Wildman–Crippen MR) is 63.3 cm³/mol. The lowest BCUT2D eigenvalue weighted by Gasteiger charge is -2.11. The summed E-state index contributed by atoms with van der Waals surface area (Å²) in [6.45, 7) is -0.524. The minimum atomic E-state index is -1.38. The van der Waals surface area contributed by atoms with Gasteiger partial charge in [0.25, 0.3) is 0 Å². The summed E-state index contributed by atoms with van der Waals surface area (Å²) in [6.07, 6.45) is -1.38. The van der Waals surface area contributed by atoms with E-state index in [0.717, 1.165) is 13.2 Å². The third-order valence-electron chi connectivity index (χ3n) is 1.81. The number of esters is 1. The molecule has 0 saturated carbocycles. The van der Waals surface area contributed by atoms with Gasteiger partial charge in [0.1, 0.15) is 0 Å². The molecule has 2 N–H and O–H groups in total. The van der Waals surface area contributed by atoms with E-state index in [1.165, 1.54) is 6.07 Å². The molecule has 0 aliphatic carbocycles. The zero-order valence-electron chi connectivity index (χ0n) is 9.20.